The highest BCUT2D eigenvalue weighted by atomic mass is 16.5. The maximum Gasteiger partial charge on any atom is 0.224 e. The van der Waals surface area contributed by atoms with Crippen molar-refractivity contribution in [3.05, 3.63) is 0 Å². The Labute approximate surface area is 105 Å². The van der Waals surface area contributed by atoms with E-state index in [2.05, 4.69) is 5.32 Å². The molecule has 100 valence electrons. The average Bonchev–Trinajstić information content (AvgIpc) is 2.37. The fourth-order valence-corrected chi connectivity index (χ4v) is 2.22. The van der Waals surface area contributed by atoms with E-state index in [1.54, 1.807) is 0 Å². The molecule has 17 heavy (non-hydrogen) atoms. The van der Waals surface area contributed by atoms with Gasteiger partial charge in [0, 0.05) is 25.7 Å². The van der Waals surface area contributed by atoms with Gasteiger partial charge in [0.25, 0.3) is 0 Å². The van der Waals surface area contributed by atoms with E-state index in [-0.39, 0.29) is 5.91 Å². The molecule has 1 fully saturated rings. The van der Waals surface area contributed by atoms with E-state index in [1.807, 2.05) is 18.7 Å². The van der Waals surface area contributed by atoms with Crippen molar-refractivity contribution in [1.29, 1.82) is 0 Å². The summed E-state index contributed by atoms with van der Waals surface area (Å²) in [7, 11) is 0. The van der Waals surface area contributed by atoms with Crippen LogP contribution in [-0.2, 0) is 9.53 Å². The number of likely N-dealkylation sites (N-methyl/N-ethyl adjacent to an activating group) is 1. The third kappa shape index (κ3) is 5.50. The monoisotopic (exact) mass is 242 g/mol. The lowest BCUT2D eigenvalue weighted by molar-refractivity contribution is -0.132. The van der Waals surface area contributed by atoms with Crippen LogP contribution in [0.15, 0.2) is 0 Å². The van der Waals surface area contributed by atoms with E-state index in [9.17, 15) is 4.79 Å². The molecule has 4 nitrogen and oxygen atoms in total. The van der Waals surface area contributed by atoms with Gasteiger partial charge < -0.3 is 15.0 Å². The van der Waals surface area contributed by atoms with Crippen LogP contribution in [0.3, 0.4) is 0 Å². The van der Waals surface area contributed by atoms with Gasteiger partial charge in [-0.15, -0.1) is 0 Å². The first-order chi connectivity index (χ1) is 8.27. The number of carbonyl (C=O) groups excluding carboxylic acids is 1. The van der Waals surface area contributed by atoms with Crippen LogP contribution < -0.4 is 5.32 Å². The maximum absolute atomic E-state index is 11.9. The second kappa shape index (κ2) is 8.48. The van der Waals surface area contributed by atoms with Gasteiger partial charge in [0.05, 0.1) is 13.0 Å². The van der Waals surface area contributed by atoms with Crippen molar-refractivity contribution in [3.63, 3.8) is 0 Å². The molecule has 1 aliphatic heterocycles. The van der Waals surface area contributed by atoms with Crippen LogP contribution in [-0.4, -0.2) is 49.7 Å². The molecule has 0 bridgehead atoms. The molecule has 0 radical (unpaired) electrons. The first-order valence-corrected chi connectivity index (χ1v) is 6.86. The first kappa shape index (κ1) is 14.5. The lowest BCUT2D eigenvalue weighted by Gasteiger charge is -2.30. The van der Waals surface area contributed by atoms with E-state index < -0.39 is 0 Å². The van der Waals surface area contributed by atoms with Crippen LogP contribution in [0.25, 0.3) is 0 Å². The molecule has 4 heteroatoms. The summed E-state index contributed by atoms with van der Waals surface area (Å²) in [5, 5.41) is 3.48. The number of ether oxygens (including phenoxy) is 1. The predicted octanol–water partition coefficient (Wildman–Crippen LogP) is 1.40. The van der Waals surface area contributed by atoms with Crippen molar-refractivity contribution in [1.82, 2.24) is 10.2 Å². The van der Waals surface area contributed by atoms with Crippen molar-refractivity contribution < 1.29 is 9.53 Å². The maximum atomic E-state index is 11.9. The molecule has 0 aromatic rings. The van der Waals surface area contributed by atoms with E-state index in [0.29, 0.717) is 25.7 Å². The van der Waals surface area contributed by atoms with Gasteiger partial charge in [0.1, 0.15) is 0 Å². The zero-order chi connectivity index (χ0) is 12.5. The fraction of sp³-hybridized carbons (Fsp3) is 0.923. The molecule has 0 aliphatic carbocycles. The highest BCUT2D eigenvalue weighted by molar-refractivity contribution is 5.76. The Morgan fingerprint density at radius 2 is 2.24 bits per heavy atom. The molecule has 1 atom stereocenters. The van der Waals surface area contributed by atoms with Crippen molar-refractivity contribution in [2.75, 3.05) is 32.8 Å². The molecule has 0 aromatic carbocycles. The van der Waals surface area contributed by atoms with Crippen molar-refractivity contribution >= 4 is 5.91 Å². The zero-order valence-corrected chi connectivity index (χ0v) is 11.2. The zero-order valence-electron chi connectivity index (χ0n) is 11.2. The molecule has 1 saturated heterocycles. The number of nitrogens with one attached hydrogen (secondary N) is 1. The molecular formula is C13H26N2O2. The molecule has 1 N–H and O–H groups in total. The smallest absolute Gasteiger partial charge is 0.224 e. The predicted molar refractivity (Wildman–Crippen MR) is 69.0 cm³/mol. The van der Waals surface area contributed by atoms with Gasteiger partial charge >= 0.3 is 0 Å². The van der Waals surface area contributed by atoms with Crippen molar-refractivity contribution in [2.24, 2.45) is 0 Å². The van der Waals surface area contributed by atoms with E-state index in [4.69, 9.17) is 4.74 Å². The summed E-state index contributed by atoms with van der Waals surface area (Å²) in [6.45, 7) is 7.96. The minimum atomic E-state index is 0.216. The lowest BCUT2D eigenvalue weighted by atomic mass is 10.0. The summed E-state index contributed by atoms with van der Waals surface area (Å²) in [4.78, 5) is 13.9. The lowest BCUT2D eigenvalue weighted by Crippen LogP contribution is -2.45. The summed E-state index contributed by atoms with van der Waals surface area (Å²) >= 11 is 0. The summed E-state index contributed by atoms with van der Waals surface area (Å²) < 4.78 is 5.23. The highest BCUT2D eigenvalue weighted by Gasteiger charge is 2.18. The van der Waals surface area contributed by atoms with Crippen LogP contribution in [0.2, 0.25) is 0 Å². The number of nitrogens with zero attached hydrogens (tertiary/aromatic N) is 1. The van der Waals surface area contributed by atoms with E-state index in [0.717, 1.165) is 19.6 Å². The molecule has 1 unspecified atom stereocenters. The second-order valence-electron chi connectivity index (χ2n) is 4.53. The van der Waals surface area contributed by atoms with E-state index in [1.165, 1.54) is 19.3 Å². The minimum absolute atomic E-state index is 0.216. The number of amides is 1. The molecule has 0 aromatic heterocycles. The summed E-state index contributed by atoms with van der Waals surface area (Å²) in [5.74, 6) is 0.216. The van der Waals surface area contributed by atoms with Crippen LogP contribution in [0, 0.1) is 0 Å². The Morgan fingerprint density at radius 3 is 2.82 bits per heavy atom. The van der Waals surface area contributed by atoms with Gasteiger partial charge in [-0.25, -0.2) is 0 Å². The van der Waals surface area contributed by atoms with Crippen molar-refractivity contribution in [3.8, 4) is 0 Å². The largest absolute Gasteiger partial charge is 0.381 e. The highest BCUT2D eigenvalue weighted by Crippen LogP contribution is 2.09. The molecular weight excluding hydrogens is 216 g/mol. The first-order valence-electron chi connectivity index (χ1n) is 6.86. The third-order valence-corrected chi connectivity index (χ3v) is 3.25. The van der Waals surface area contributed by atoms with Crippen LogP contribution >= 0.6 is 0 Å². The van der Waals surface area contributed by atoms with Crippen molar-refractivity contribution in [2.45, 2.75) is 45.6 Å². The standard InChI is InChI=1S/C13H26N2O2/c1-3-15(13(16)8-10-17-4-2)11-12-7-5-6-9-14-12/h12,14H,3-11H2,1-2H3. The van der Waals surface area contributed by atoms with Crippen LogP contribution in [0.4, 0.5) is 0 Å². The summed E-state index contributed by atoms with van der Waals surface area (Å²) in [6, 6.07) is 0.486. The second-order valence-corrected chi connectivity index (χ2v) is 4.53. The summed E-state index contributed by atoms with van der Waals surface area (Å²) in [6.07, 6.45) is 4.24. The normalized spacial score (nSPS) is 20.2. The van der Waals surface area contributed by atoms with Gasteiger partial charge in [-0.05, 0) is 33.2 Å². The molecule has 1 heterocycles. The number of piperidine rings is 1. The molecule has 1 rings (SSSR count). The van der Waals surface area contributed by atoms with Gasteiger partial charge in [-0.1, -0.05) is 6.42 Å². The topological polar surface area (TPSA) is 41.6 Å². The third-order valence-electron chi connectivity index (χ3n) is 3.25. The SMILES string of the molecule is CCOCCC(=O)N(CC)CC1CCCCN1. The average molecular weight is 242 g/mol. The van der Waals surface area contributed by atoms with Crippen LogP contribution in [0.5, 0.6) is 0 Å². The minimum Gasteiger partial charge on any atom is -0.381 e. The van der Waals surface area contributed by atoms with Crippen LogP contribution in [0.1, 0.15) is 39.5 Å². The number of rotatable bonds is 7. The molecule has 1 amide bonds. The molecule has 0 spiro atoms. The Bertz CT molecular complexity index is 215. The number of hydrogen-bond acceptors (Lipinski definition) is 3. The Kier molecular flexibility index (Phi) is 7.21. The van der Waals surface area contributed by atoms with E-state index >= 15 is 0 Å². The van der Waals surface area contributed by atoms with Gasteiger partial charge in [-0.2, -0.15) is 0 Å². The number of carbonyl (C=O) groups is 1. The molecule has 0 saturated carbocycles. The Balaban J connectivity index is 2.27. The van der Waals surface area contributed by atoms with Gasteiger partial charge in [-0.3, -0.25) is 4.79 Å². The van der Waals surface area contributed by atoms with Gasteiger partial charge in [0.2, 0.25) is 5.91 Å². The Hall–Kier alpha value is -0.610. The Morgan fingerprint density at radius 1 is 1.41 bits per heavy atom. The summed E-state index contributed by atoms with van der Waals surface area (Å²) in [5.41, 5.74) is 0. The molecule has 1 aliphatic rings. The van der Waals surface area contributed by atoms with Gasteiger partial charge in [0.15, 0.2) is 0 Å². The number of hydrogen-bond donors (Lipinski definition) is 1. The quantitative estimate of drug-likeness (QED) is 0.686. The fourth-order valence-electron chi connectivity index (χ4n) is 2.22.